The second-order valence-corrected chi connectivity index (χ2v) is 11.6. The summed E-state index contributed by atoms with van der Waals surface area (Å²) < 4.78 is 56.8. The molecule has 182 valence electrons. The molecular formula is C26H22N4O4S2. The summed E-state index contributed by atoms with van der Waals surface area (Å²) in [5.41, 5.74) is 2.29. The van der Waals surface area contributed by atoms with E-state index in [1.165, 1.54) is 12.1 Å². The summed E-state index contributed by atoms with van der Waals surface area (Å²) in [4.78, 5) is 8.67. The van der Waals surface area contributed by atoms with Gasteiger partial charge in [0.2, 0.25) is 20.0 Å². The fourth-order valence-corrected chi connectivity index (χ4v) is 6.26. The predicted octanol–water partition coefficient (Wildman–Crippen LogP) is 3.74. The molecule has 0 radical (unpaired) electrons. The first-order valence-corrected chi connectivity index (χ1v) is 14.0. The molecule has 0 saturated carbocycles. The summed E-state index contributed by atoms with van der Waals surface area (Å²) in [6.07, 6.45) is 3.12. The fourth-order valence-electron chi connectivity index (χ4n) is 3.87. The van der Waals surface area contributed by atoms with Gasteiger partial charge in [-0.2, -0.15) is 0 Å². The molecule has 0 amide bonds. The Kier molecular flexibility index (Phi) is 6.50. The average molecular weight is 519 g/mol. The minimum Gasteiger partial charge on any atom is -0.255 e. The quantitative estimate of drug-likeness (QED) is 0.323. The van der Waals surface area contributed by atoms with Crippen molar-refractivity contribution in [1.82, 2.24) is 19.4 Å². The Morgan fingerprint density at radius 1 is 0.528 bits per heavy atom. The molecular weight excluding hydrogens is 496 g/mol. The Morgan fingerprint density at radius 2 is 0.917 bits per heavy atom. The van der Waals surface area contributed by atoms with Crippen molar-refractivity contribution in [1.29, 1.82) is 0 Å². The van der Waals surface area contributed by atoms with Crippen LogP contribution in [-0.2, 0) is 33.1 Å². The molecule has 2 heterocycles. The second kappa shape index (κ2) is 9.75. The van der Waals surface area contributed by atoms with Gasteiger partial charge in [-0.25, -0.2) is 26.3 Å². The van der Waals surface area contributed by atoms with Gasteiger partial charge in [-0.15, -0.1) is 0 Å². The molecule has 2 aromatic heterocycles. The van der Waals surface area contributed by atoms with Crippen LogP contribution in [0.25, 0.3) is 21.8 Å². The third kappa shape index (κ3) is 4.98. The molecule has 0 unspecified atom stereocenters. The zero-order chi connectivity index (χ0) is 25.2. The molecule has 2 N–H and O–H groups in total. The lowest BCUT2D eigenvalue weighted by Crippen LogP contribution is -2.24. The molecule has 5 rings (SSSR count). The van der Waals surface area contributed by atoms with Crippen LogP contribution in [0.2, 0.25) is 0 Å². The zero-order valence-electron chi connectivity index (χ0n) is 19.0. The maximum Gasteiger partial charge on any atom is 0.243 e. The molecule has 0 atom stereocenters. The van der Waals surface area contributed by atoms with Gasteiger partial charge in [-0.3, -0.25) is 9.97 Å². The smallest absolute Gasteiger partial charge is 0.243 e. The highest BCUT2D eigenvalue weighted by molar-refractivity contribution is 7.90. The van der Waals surface area contributed by atoms with Gasteiger partial charge in [0.15, 0.2) is 0 Å². The summed E-state index contributed by atoms with van der Waals surface area (Å²) in [6.45, 7) is 0.165. The van der Waals surface area contributed by atoms with Gasteiger partial charge in [0, 0.05) is 36.3 Å². The van der Waals surface area contributed by atoms with Crippen LogP contribution in [-0.4, -0.2) is 26.8 Å². The standard InChI is InChI=1S/C26H22N4O4S2/c31-35(32,23-9-1-5-21-7-3-15-27-25(21)23)29-17-19-11-13-20(14-12-19)18-30-36(33,34)24-10-2-6-22-8-4-16-28-26(22)24/h1-16,29-30H,17-18H2. The van der Waals surface area contributed by atoms with Crippen LogP contribution in [0.3, 0.4) is 0 Å². The van der Waals surface area contributed by atoms with E-state index in [9.17, 15) is 16.8 Å². The normalized spacial score (nSPS) is 12.2. The highest BCUT2D eigenvalue weighted by atomic mass is 32.2. The zero-order valence-corrected chi connectivity index (χ0v) is 20.6. The number of sulfonamides is 2. The molecule has 0 bridgehead atoms. The summed E-state index contributed by atoms with van der Waals surface area (Å²) in [5.74, 6) is 0. The lowest BCUT2D eigenvalue weighted by molar-refractivity contribution is 0.580. The number of fused-ring (bicyclic) bond motifs is 2. The Bertz CT molecular complexity index is 1630. The van der Waals surface area contributed by atoms with Crippen molar-refractivity contribution >= 4 is 41.9 Å². The molecule has 0 fully saturated rings. The number of hydrogen-bond acceptors (Lipinski definition) is 6. The second-order valence-electron chi connectivity index (χ2n) is 8.13. The lowest BCUT2D eigenvalue weighted by atomic mass is 10.1. The van der Waals surface area contributed by atoms with Crippen LogP contribution in [0.1, 0.15) is 11.1 Å². The first-order valence-electron chi connectivity index (χ1n) is 11.1. The summed E-state index contributed by atoms with van der Waals surface area (Å²) in [6, 6.07) is 24.2. The average Bonchev–Trinajstić information content (AvgIpc) is 2.90. The van der Waals surface area contributed by atoms with Crippen molar-refractivity contribution in [2.24, 2.45) is 0 Å². The van der Waals surface area contributed by atoms with Gasteiger partial charge in [0.25, 0.3) is 0 Å². The highest BCUT2D eigenvalue weighted by Crippen LogP contribution is 2.22. The molecule has 0 saturated heterocycles. The van der Waals surface area contributed by atoms with Crippen LogP contribution in [0, 0.1) is 0 Å². The Balaban J connectivity index is 1.26. The first kappa shape index (κ1) is 24.0. The topological polar surface area (TPSA) is 118 Å². The van der Waals surface area contributed by atoms with E-state index >= 15 is 0 Å². The van der Waals surface area contributed by atoms with Crippen LogP contribution >= 0.6 is 0 Å². The minimum atomic E-state index is -3.78. The van der Waals surface area contributed by atoms with Gasteiger partial charge in [0.05, 0.1) is 11.0 Å². The highest BCUT2D eigenvalue weighted by Gasteiger charge is 2.19. The maximum atomic E-state index is 12.9. The number of pyridine rings is 2. The number of rotatable bonds is 8. The minimum absolute atomic E-state index is 0.0826. The Labute approximate surface area is 209 Å². The third-order valence-corrected chi connectivity index (χ3v) is 8.59. The number of hydrogen-bond donors (Lipinski definition) is 2. The fraction of sp³-hybridized carbons (Fsp3) is 0.0769. The summed E-state index contributed by atoms with van der Waals surface area (Å²) in [5, 5.41) is 1.48. The van der Waals surface area contributed by atoms with Crippen molar-refractivity contribution in [2.45, 2.75) is 22.9 Å². The SMILES string of the molecule is O=S(=O)(NCc1ccc(CNS(=O)(=O)c2cccc3cccnc23)cc1)c1cccc2cccnc12. The monoisotopic (exact) mass is 518 g/mol. The van der Waals surface area contributed by atoms with E-state index < -0.39 is 20.0 Å². The first-order chi connectivity index (χ1) is 17.3. The molecule has 8 nitrogen and oxygen atoms in total. The molecule has 0 spiro atoms. The summed E-state index contributed by atoms with van der Waals surface area (Å²) in [7, 11) is -7.57. The van der Waals surface area contributed by atoms with Gasteiger partial charge in [-0.1, -0.05) is 60.7 Å². The maximum absolute atomic E-state index is 12.9. The van der Waals surface area contributed by atoms with Crippen molar-refractivity contribution in [3.8, 4) is 0 Å². The molecule has 3 aromatic carbocycles. The van der Waals surface area contributed by atoms with Crippen molar-refractivity contribution in [3.05, 3.63) is 108 Å². The Hall–Kier alpha value is -3.70. The molecule has 36 heavy (non-hydrogen) atoms. The van der Waals surface area contributed by atoms with E-state index in [1.807, 2.05) is 24.3 Å². The number of benzene rings is 3. The largest absolute Gasteiger partial charge is 0.255 e. The molecule has 0 aliphatic carbocycles. The number of aromatic nitrogens is 2. The van der Waals surface area contributed by atoms with Crippen molar-refractivity contribution in [3.63, 3.8) is 0 Å². The van der Waals surface area contributed by atoms with Crippen molar-refractivity contribution in [2.75, 3.05) is 0 Å². The molecule has 0 aliphatic rings. The van der Waals surface area contributed by atoms with Crippen LogP contribution in [0.5, 0.6) is 0 Å². The van der Waals surface area contributed by atoms with Gasteiger partial charge >= 0.3 is 0 Å². The molecule has 10 heteroatoms. The lowest BCUT2D eigenvalue weighted by Gasteiger charge is -2.11. The molecule has 0 aliphatic heterocycles. The molecule has 5 aromatic rings. The van der Waals surface area contributed by atoms with E-state index in [2.05, 4.69) is 19.4 Å². The summed E-state index contributed by atoms with van der Waals surface area (Å²) >= 11 is 0. The van der Waals surface area contributed by atoms with E-state index in [0.717, 1.165) is 21.9 Å². The Morgan fingerprint density at radius 3 is 1.33 bits per heavy atom. The van der Waals surface area contributed by atoms with Crippen molar-refractivity contribution < 1.29 is 16.8 Å². The predicted molar refractivity (Wildman–Crippen MR) is 138 cm³/mol. The third-order valence-electron chi connectivity index (χ3n) is 5.73. The van der Waals surface area contributed by atoms with Crippen LogP contribution in [0.15, 0.2) is 107 Å². The number of para-hydroxylation sites is 2. The van der Waals surface area contributed by atoms with Crippen LogP contribution in [0.4, 0.5) is 0 Å². The van der Waals surface area contributed by atoms with E-state index in [4.69, 9.17) is 0 Å². The van der Waals surface area contributed by atoms with Gasteiger partial charge < -0.3 is 0 Å². The number of nitrogens with one attached hydrogen (secondary N) is 2. The van der Waals surface area contributed by atoms with Gasteiger partial charge in [0.1, 0.15) is 9.79 Å². The van der Waals surface area contributed by atoms with Crippen LogP contribution < -0.4 is 9.44 Å². The van der Waals surface area contributed by atoms with E-state index in [0.29, 0.717) is 11.0 Å². The van der Waals surface area contributed by atoms with Gasteiger partial charge in [-0.05, 0) is 35.4 Å². The number of nitrogens with zero attached hydrogens (tertiary/aromatic N) is 2. The van der Waals surface area contributed by atoms with E-state index in [-0.39, 0.29) is 22.9 Å². The van der Waals surface area contributed by atoms with E-state index in [1.54, 1.807) is 60.9 Å².